The molecule has 0 aliphatic rings. The first-order valence-corrected chi connectivity index (χ1v) is 8.51. The first kappa shape index (κ1) is 20.5. The predicted octanol–water partition coefficient (Wildman–Crippen LogP) is 3.68. The molecule has 2 aromatic rings. The molecule has 0 atom stereocenters. The van der Waals surface area contributed by atoms with Gasteiger partial charge in [-0.15, -0.1) is 0 Å². The van der Waals surface area contributed by atoms with Crippen LogP contribution in [0.1, 0.15) is 23.1 Å². The minimum atomic E-state index is -1.05. The Balaban J connectivity index is 2.01. The number of ether oxygens (including phenoxy) is 2. The van der Waals surface area contributed by atoms with Gasteiger partial charge in [-0.05, 0) is 41.5 Å². The molecule has 0 saturated carbocycles. The largest absolute Gasteiger partial charge is 0.493 e. The monoisotopic (exact) mass is 377 g/mol. The summed E-state index contributed by atoms with van der Waals surface area (Å²) >= 11 is 0. The Bertz CT molecular complexity index is 905. The molecule has 0 spiro atoms. The smallest absolute Gasteiger partial charge is 0.336 e. The third-order valence-electron chi connectivity index (χ3n) is 3.71. The second kappa shape index (κ2) is 10.3. The van der Waals surface area contributed by atoms with E-state index in [1.807, 2.05) is 6.07 Å². The van der Waals surface area contributed by atoms with Crippen molar-refractivity contribution in [3.63, 3.8) is 0 Å². The molecule has 0 radical (unpaired) electrons. The quantitative estimate of drug-likeness (QED) is 0.310. The van der Waals surface area contributed by atoms with Crippen LogP contribution in [0.4, 0.5) is 0 Å². The van der Waals surface area contributed by atoms with Crippen LogP contribution in [-0.2, 0) is 14.3 Å². The molecule has 0 saturated heterocycles. The minimum absolute atomic E-state index is 0.132. The van der Waals surface area contributed by atoms with Gasteiger partial charge >= 0.3 is 11.9 Å². The van der Waals surface area contributed by atoms with Gasteiger partial charge < -0.3 is 14.6 Å². The molecule has 142 valence electrons. The highest BCUT2D eigenvalue weighted by atomic mass is 16.5. The van der Waals surface area contributed by atoms with Crippen LogP contribution in [0.25, 0.3) is 11.6 Å². The Morgan fingerprint density at radius 1 is 1.07 bits per heavy atom. The predicted molar refractivity (Wildman–Crippen MR) is 104 cm³/mol. The highest BCUT2D eigenvalue weighted by molar-refractivity contribution is 6.20. The Kier molecular flexibility index (Phi) is 7.55. The van der Waals surface area contributed by atoms with E-state index in [0.717, 1.165) is 6.08 Å². The van der Waals surface area contributed by atoms with Crippen molar-refractivity contribution in [2.24, 2.45) is 0 Å². The number of nitriles is 1. The zero-order valence-electron chi connectivity index (χ0n) is 15.1. The summed E-state index contributed by atoms with van der Waals surface area (Å²) in [6, 6.07) is 15.4. The Hall–Kier alpha value is -3.85. The maximum Gasteiger partial charge on any atom is 0.336 e. The first-order valence-electron chi connectivity index (χ1n) is 8.51. The highest BCUT2D eigenvalue weighted by Crippen LogP contribution is 2.22. The zero-order chi connectivity index (χ0) is 20.4. The third-order valence-corrected chi connectivity index (χ3v) is 3.71. The average Bonchev–Trinajstić information content (AvgIpc) is 2.72. The first-order chi connectivity index (χ1) is 13.5. The van der Waals surface area contributed by atoms with Crippen LogP contribution in [0.5, 0.6) is 5.75 Å². The number of hydrogen-bond donors (Lipinski definition) is 1. The minimum Gasteiger partial charge on any atom is -0.493 e. The summed E-state index contributed by atoms with van der Waals surface area (Å²) in [6.07, 6.45) is 3.18. The van der Waals surface area contributed by atoms with E-state index in [1.54, 1.807) is 54.6 Å². The fourth-order valence-corrected chi connectivity index (χ4v) is 2.30. The van der Waals surface area contributed by atoms with Gasteiger partial charge in [-0.25, -0.2) is 9.59 Å². The van der Waals surface area contributed by atoms with Crippen molar-refractivity contribution >= 4 is 23.6 Å². The number of benzene rings is 2. The molecule has 0 heterocycles. The lowest BCUT2D eigenvalue weighted by molar-refractivity contribution is -0.138. The zero-order valence-corrected chi connectivity index (χ0v) is 15.1. The van der Waals surface area contributed by atoms with Crippen molar-refractivity contribution in [1.82, 2.24) is 0 Å². The Morgan fingerprint density at radius 3 is 2.32 bits per heavy atom. The summed E-state index contributed by atoms with van der Waals surface area (Å²) in [5, 5.41) is 18.4. The van der Waals surface area contributed by atoms with Crippen LogP contribution in [-0.4, -0.2) is 30.3 Å². The van der Waals surface area contributed by atoms with E-state index < -0.39 is 11.9 Å². The van der Waals surface area contributed by atoms with Crippen LogP contribution in [0.15, 0.2) is 61.2 Å². The van der Waals surface area contributed by atoms with Crippen LogP contribution in [0.3, 0.4) is 0 Å². The average molecular weight is 377 g/mol. The SMILES string of the molecule is C=CC(=O)OCCCOc1ccc(C(=Cc2ccc(C#N)cc2)C(=O)O)cc1. The molecular weight excluding hydrogens is 358 g/mol. The van der Waals surface area contributed by atoms with Gasteiger partial charge in [0.1, 0.15) is 5.75 Å². The van der Waals surface area contributed by atoms with Crippen LogP contribution in [0.2, 0.25) is 0 Å². The van der Waals surface area contributed by atoms with Gasteiger partial charge in [0.05, 0.1) is 30.4 Å². The fourth-order valence-electron chi connectivity index (χ4n) is 2.30. The molecule has 0 fully saturated rings. The Labute approximate surface area is 162 Å². The number of esters is 1. The van der Waals surface area contributed by atoms with E-state index in [2.05, 4.69) is 6.58 Å². The molecule has 2 aromatic carbocycles. The maximum atomic E-state index is 11.6. The number of carboxylic acid groups (broad SMARTS) is 1. The van der Waals surface area contributed by atoms with Gasteiger partial charge in [0.2, 0.25) is 0 Å². The molecular formula is C22H19NO5. The van der Waals surface area contributed by atoms with E-state index in [4.69, 9.17) is 14.7 Å². The van der Waals surface area contributed by atoms with Crippen LogP contribution in [0, 0.1) is 11.3 Å². The molecule has 0 aliphatic heterocycles. The number of carboxylic acids is 1. The molecule has 0 aromatic heterocycles. The topological polar surface area (TPSA) is 96.6 Å². The van der Waals surface area contributed by atoms with Crippen molar-refractivity contribution in [2.75, 3.05) is 13.2 Å². The summed E-state index contributed by atoms with van der Waals surface area (Å²) in [4.78, 5) is 22.6. The molecule has 0 bridgehead atoms. The second-order valence-corrected chi connectivity index (χ2v) is 5.69. The van der Waals surface area contributed by atoms with E-state index in [0.29, 0.717) is 35.5 Å². The lowest BCUT2D eigenvalue weighted by atomic mass is 10.0. The molecule has 6 nitrogen and oxygen atoms in total. The number of hydrogen-bond acceptors (Lipinski definition) is 5. The highest BCUT2D eigenvalue weighted by Gasteiger charge is 2.11. The number of carbonyl (C=O) groups excluding carboxylic acids is 1. The van der Waals surface area contributed by atoms with Gasteiger partial charge in [0.15, 0.2) is 0 Å². The summed E-state index contributed by atoms with van der Waals surface area (Å²) in [7, 11) is 0. The van der Waals surface area contributed by atoms with Gasteiger partial charge in [0, 0.05) is 12.5 Å². The van der Waals surface area contributed by atoms with E-state index in [9.17, 15) is 14.7 Å². The Morgan fingerprint density at radius 2 is 1.75 bits per heavy atom. The normalized spacial score (nSPS) is 10.6. The summed E-state index contributed by atoms with van der Waals surface area (Å²) in [5.41, 5.74) is 1.86. The standard InChI is InChI=1S/C22H19NO5/c1-2-21(24)28-13-3-12-27-19-10-8-18(9-11-19)20(22(25)26)14-16-4-6-17(15-23)7-5-16/h2,4-11,14H,1,3,12-13H2,(H,25,26). The van der Waals surface area contributed by atoms with Crippen molar-refractivity contribution in [2.45, 2.75) is 6.42 Å². The number of nitrogens with zero attached hydrogens (tertiary/aromatic N) is 1. The van der Waals surface area contributed by atoms with Crippen LogP contribution >= 0.6 is 0 Å². The molecule has 0 unspecified atom stereocenters. The third kappa shape index (κ3) is 6.15. The van der Waals surface area contributed by atoms with E-state index >= 15 is 0 Å². The van der Waals surface area contributed by atoms with Crippen molar-refractivity contribution in [1.29, 1.82) is 5.26 Å². The second-order valence-electron chi connectivity index (χ2n) is 5.69. The van der Waals surface area contributed by atoms with Crippen molar-refractivity contribution in [3.8, 4) is 11.8 Å². The molecule has 0 aliphatic carbocycles. The molecule has 6 heteroatoms. The molecule has 1 N–H and O–H groups in total. The van der Waals surface area contributed by atoms with Gasteiger partial charge in [0.25, 0.3) is 0 Å². The lowest BCUT2D eigenvalue weighted by Gasteiger charge is -2.08. The van der Waals surface area contributed by atoms with Crippen molar-refractivity contribution in [3.05, 3.63) is 77.9 Å². The van der Waals surface area contributed by atoms with Gasteiger partial charge in [-0.1, -0.05) is 30.8 Å². The number of carbonyl (C=O) groups is 2. The number of rotatable bonds is 9. The molecule has 2 rings (SSSR count). The van der Waals surface area contributed by atoms with Gasteiger partial charge in [-0.3, -0.25) is 0 Å². The fraction of sp³-hybridized carbons (Fsp3) is 0.136. The number of aliphatic carboxylic acids is 1. The summed E-state index contributed by atoms with van der Waals surface area (Å²) < 4.78 is 10.4. The maximum absolute atomic E-state index is 11.6. The molecule has 28 heavy (non-hydrogen) atoms. The molecule has 0 amide bonds. The summed E-state index contributed by atoms with van der Waals surface area (Å²) in [6.45, 7) is 3.90. The van der Waals surface area contributed by atoms with Crippen molar-refractivity contribution < 1.29 is 24.2 Å². The van der Waals surface area contributed by atoms with Crippen LogP contribution < -0.4 is 4.74 Å². The van der Waals surface area contributed by atoms with E-state index in [-0.39, 0.29) is 12.2 Å². The lowest BCUT2D eigenvalue weighted by Crippen LogP contribution is -2.06. The summed E-state index contributed by atoms with van der Waals surface area (Å²) in [5.74, 6) is -0.941. The van der Waals surface area contributed by atoms with Gasteiger partial charge in [-0.2, -0.15) is 5.26 Å². The van der Waals surface area contributed by atoms with E-state index in [1.165, 1.54) is 0 Å².